The fourth-order valence-electron chi connectivity index (χ4n) is 3.52. The summed E-state index contributed by atoms with van der Waals surface area (Å²) in [5, 5.41) is 13.4. The predicted octanol–water partition coefficient (Wildman–Crippen LogP) is 6.85. The molecular weight excluding hydrogens is 524 g/mol. The summed E-state index contributed by atoms with van der Waals surface area (Å²) in [6.45, 7) is 0. The van der Waals surface area contributed by atoms with Gasteiger partial charge < -0.3 is 9.15 Å². The molecule has 5 aromatic rings. The molecule has 34 heavy (non-hydrogen) atoms. The summed E-state index contributed by atoms with van der Waals surface area (Å²) in [4.78, 5) is 10.8. The number of nitro benzene ring substituents is 1. The van der Waals surface area contributed by atoms with Crippen molar-refractivity contribution in [2.45, 2.75) is 4.90 Å². The fourth-order valence-corrected chi connectivity index (χ4v) is 4.86. The van der Waals surface area contributed by atoms with E-state index in [1.807, 2.05) is 24.3 Å². The van der Waals surface area contributed by atoms with Gasteiger partial charge in [-0.3, -0.25) is 14.8 Å². The largest absolute Gasteiger partial charge is 0.456 e. The number of nitrogens with zero attached hydrogens (tertiary/aromatic N) is 1. The van der Waals surface area contributed by atoms with Gasteiger partial charge in [-0.15, -0.1) is 0 Å². The standard InChI is InChI=1S/C24H15BrN2O6S/c25-15-5-7-16(8-6-15)26-34(30,31)18-10-12-24(21(14-18)27(28)29)32-17-9-11-23-20(13-17)19-3-1-2-4-22(19)33-23/h1-14,26H. The van der Waals surface area contributed by atoms with Crippen LogP contribution in [0.5, 0.6) is 11.5 Å². The van der Waals surface area contributed by atoms with Crippen molar-refractivity contribution in [3.05, 3.63) is 99.5 Å². The topological polar surface area (TPSA) is 112 Å². The van der Waals surface area contributed by atoms with Gasteiger partial charge in [0, 0.05) is 27.0 Å². The van der Waals surface area contributed by atoms with Gasteiger partial charge in [0.1, 0.15) is 16.9 Å². The Labute approximate surface area is 202 Å². The third-order valence-electron chi connectivity index (χ3n) is 5.11. The van der Waals surface area contributed by atoms with E-state index in [0.29, 0.717) is 22.6 Å². The molecule has 0 radical (unpaired) electrons. The summed E-state index contributed by atoms with van der Waals surface area (Å²) in [7, 11) is -4.06. The average molecular weight is 539 g/mol. The Morgan fingerprint density at radius 1 is 0.882 bits per heavy atom. The zero-order chi connectivity index (χ0) is 23.9. The van der Waals surface area contributed by atoms with Crippen LogP contribution in [0.3, 0.4) is 0 Å². The Hall–Kier alpha value is -3.89. The SMILES string of the molecule is O=[N+]([O-])c1cc(S(=O)(=O)Nc2ccc(Br)cc2)ccc1Oc1ccc2oc3ccccc3c2c1. The molecular formula is C24H15BrN2O6S. The fraction of sp³-hybridized carbons (Fsp3) is 0. The molecule has 0 saturated carbocycles. The molecule has 10 heteroatoms. The highest BCUT2D eigenvalue weighted by atomic mass is 79.9. The normalized spacial score (nSPS) is 11.6. The molecule has 170 valence electrons. The summed E-state index contributed by atoms with van der Waals surface area (Å²) < 4.78 is 40.3. The van der Waals surface area contributed by atoms with Crippen molar-refractivity contribution in [2.24, 2.45) is 0 Å². The maximum atomic E-state index is 12.8. The van der Waals surface area contributed by atoms with E-state index >= 15 is 0 Å². The van der Waals surface area contributed by atoms with E-state index in [0.717, 1.165) is 21.3 Å². The van der Waals surface area contributed by atoms with Gasteiger partial charge in [-0.1, -0.05) is 34.1 Å². The first-order chi connectivity index (χ1) is 16.3. The summed E-state index contributed by atoms with van der Waals surface area (Å²) in [5.41, 5.74) is 1.22. The molecule has 1 N–H and O–H groups in total. The first kappa shape index (κ1) is 21.9. The second kappa shape index (κ2) is 8.47. The van der Waals surface area contributed by atoms with E-state index in [-0.39, 0.29) is 10.6 Å². The molecule has 1 heterocycles. The van der Waals surface area contributed by atoms with Crippen molar-refractivity contribution in [2.75, 3.05) is 4.72 Å². The lowest BCUT2D eigenvalue weighted by atomic mass is 10.1. The molecule has 0 spiro atoms. The van der Waals surface area contributed by atoms with Crippen molar-refractivity contribution in [3.63, 3.8) is 0 Å². The van der Waals surface area contributed by atoms with E-state index in [4.69, 9.17) is 9.15 Å². The number of para-hydroxylation sites is 1. The number of benzene rings is 4. The van der Waals surface area contributed by atoms with E-state index in [2.05, 4.69) is 20.7 Å². The molecule has 0 aliphatic rings. The van der Waals surface area contributed by atoms with Gasteiger partial charge in [0.15, 0.2) is 0 Å². The number of hydrogen-bond donors (Lipinski definition) is 1. The molecule has 0 bridgehead atoms. The van der Waals surface area contributed by atoms with Crippen LogP contribution >= 0.6 is 15.9 Å². The third-order valence-corrected chi connectivity index (χ3v) is 7.02. The first-order valence-corrected chi connectivity index (χ1v) is 12.2. The van der Waals surface area contributed by atoms with Crippen LogP contribution in [0, 0.1) is 10.1 Å². The predicted molar refractivity (Wildman–Crippen MR) is 132 cm³/mol. The number of ether oxygens (including phenoxy) is 1. The van der Waals surface area contributed by atoms with E-state index in [9.17, 15) is 18.5 Å². The Morgan fingerprint density at radius 3 is 2.38 bits per heavy atom. The Bertz CT molecular complexity index is 1660. The lowest BCUT2D eigenvalue weighted by Gasteiger charge is -2.10. The van der Waals surface area contributed by atoms with Crippen LogP contribution in [0.15, 0.2) is 98.7 Å². The first-order valence-electron chi connectivity index (χ1n) is 9.96. The monoisotopic (exact) mass is 538 g/mol. The number of furan rings is 1. The minimum absolute atomic E-state index is 0.0836. The van der Waals surface area contributed by atoms with Crippen molar-refractivity contribution in [1.29, 1.82) is 0 Å². The van der Waals surface area contributed by atoms with Crippen LogP contribution in [-0.4, -0.2) is 13.3 Å². The summed E-state index contributed by atoms with van der Waals surface area (Å²) in [5.74, 6) is 0.269. The maximum absolute atomic E-state index is 12.8. The van der Waals surface area contributed by atoms with E-state index in [1.165, 1.54) is 12.1 Å². The molecule has 0 amide bonds. The van der Waals surface area contributed by atoms with Crippen LogP contribution in [-0.2, 0) is 10.0 Å². The van der Waals surface area contributed by atoms with Gasteiger partial charge in [-0.2, -0.15) is 0 Å². The zero-order valence-corrected chi connectivity index (χ0v) is 19.7. The Kier molecular flexibility index (Phi) is 5.46. The number of fused-ring (bicyclic) bond motifs is 3. The van der Waals surface area contributed by atoms with Gasteiger partial charge in [0.05, 0.1) is 9.82 Å². The molecule has 0 fully saturated rings. The Morgan fingerprint density at radius 2 is 1.62 bits per heavy atom. The molecule has 4 aromatic carbocycles. The zero-order valence-electron chi connectivity index (χ0n) is 17.3. The quantitative estimate of drug-likeness (QED) is 0.187. The molecule has 1 aromatic heterocycles. The molecule has 8 nitrogen and oxygen atoms in total. The third kappa shape index (κ3) is 4.20. The number of rotatable bonds is 6. The molecule has 0 aliphatic carbocycles. The number of anilines is 1. The lowest BCUT2D eigenvalue weighted by molar-refractivity contribution is -0.385. The summed E-state index contributed by atoms with van der Waals surface area (Å²) >= 11 is 3.28. The molecule has 0 aliphatic heterocycles. The molecule has 0 saturated heterocycles. The van der Waals surface area contributed by atoms with Crippen molar-refractivity contribution in [3.8, 4) is 11.5 Å². The smallest absolute Gasteiger partial charge is 0.312 e. The number of hydrogen-bond acceptors (Lipinski definition) is 6. The minimum atomic E-state index is -4.06. The second-order valence-corrected chi connectivity index (χ2v) is 9.96. The van der Waals surface area contributed by atoms with Crippen molar-refractivity contribution >= 4 is 59.3 Å². The molecule has 0 atom stereocenters. The number of nitro groups is 1. The van der Waals surface area contributed by atoms with Gasteiger partial charge in [0.2, 0.25) is 5.75 Å². The summed E-state index contributed by atoms with van der Waals surface area (Å²) in [6, 6.07) is 22.6. The number of sulfonamides is 1. The van der Waals surface area contributed by atoms with E-state index < -0.39 is 20.6 Å². The van der Waals surface area contributed by atoms with Crippen LogP contribution < -0.4 is 9.46 Å². The number of halogens is 1. The molecule has 0 unspecified atom stereocenters. The van der Waals surface area contributed by atoms with Crippen molar-refractivity contribution < 1.29 is 22.5 Å². The van der Waals surface area contributed by atoms with Crippen LogP contribution in [0.1, 0.15) is 0 Å². The van der Waals surface area contributed by atoms with Crippen LogP contribution in [0.4, 0.5) is 11.4 Å². The van der Waals surface area contributed by atoms with Crippen LogP contribution in [0.25, 0.3) is 21.9 Å². The maximum Gasteiger partial charge on any atom is 0.312 e. The van der Waals surface area contributed by atoms with Gasteiger partial charge >= 0.3 is 5.69 Å². The van der Waals surface area contributed by atoms with Gasteiger partial charge in [-0.05, 0) is 60.7 Å². The lowest BCUT2D eigenvalue weighted by Crippen LogP contribution is -2.13. The van der Waals surface area contributed by atoms with Crippen molar-refractivity contribution in [1.82, 2.24) is 0 Å². The molecule has 5 rings (SSSR count). The van der Waals surface area contributed by atoms with Gasteiger partial charge in [0.25, 0.3) is 10.0 Å². The minimum Gasteiger partial charge on any atom is -0.456 e. The Balaban J connectivity index is 1.48. The highest BCUT2D eigenvalue weighted by Crippen LogP contribution is 2.37. The second-order valence-electron chi connectivity index (χ2n) is 7.36. The highest BCUT2D eigenvalue weighted by molar-refractivity contribution is 9.10. The van der Waals surface area contributed by atoms with E-state index in [1.54, 1.807) is 42.5 Å². The average Bonchev–Trinajstić information content (AvgIpc) is 3.18. The van der Waals surface area contributed by atoms with Gasteiger partial charge in [-0.25, -0.2) is 8.42 Å². The summed E-state index contributed by atoms with van der Waals surface area (Å²) in [6.07, 6.45) is 0. The number of nitrogens with one attached hydrogen (secondary N) is 1. The highest BCUT2D eigenvalue weighted by Gasteiger charge is 2.23. The van der Waals surface area contributed by atoms with Crippen LogP contribution in [0.2, 0.25) is 0 Å².